The minimum Gasteiger partial charge on any atom is -0.316 e. The Kier molecular flexibility index (Phi) is 3.09. The van der Waals surface area contributed by atoms with Crippen molar-refractivity contribution in [2.45, 2.75) is 12.1 Å². The maximum Gasteiger partial charge on any atom is 0.127 e. The molecule has 1 unspecified atom stereocenters. The molecule has 0 aliphatic carbocycles. The smallest absolute Gasteiger partial charge is 0.127 e. The molecule has 2 heteroatoms. The minimum atomic E-state index is 0.588. The van der Waals surface area contributed by atoms with Gasteiger partial charge in [0.05, 0.1) is 32.7 Å². The SMILES string of the molecule is C[N@+]12CCN(C[C@H]1c1ccccc1)[C@H](c1ccccc1)C2. The van der Waals surface area contributed by atoms with Gasteiger partial charge in [0.25, 0.3) is 0 Å². The van der Waals surface area contributed by atoms with Crippen LogP contribution in [0, 0.1) is 0 Å². The second-order valence-corrected chi connectivity index (χ2v) is 6.73. The van der Waals surface area contributed by atoms with Gasteiger partial charge in [-0.3, -0.25) is 4.90 Å². The summed E-state index contributed by atoms with van der Waals surface area (Å²) in [4.78, 5) is 2.69. The molecule has 3 heterocycles. The Morgan fingerprint density at radius 3 is 2.14 bits per heavy atom. The van der Waals surface area contributed by atoms with Gasteiger partial charge in [-0.15, -0.1) is 0 Å². The van der Waals surface area contributed by atoms with E-state index < -0.39 is 0 Å². The maximum atomic E-state index is 2.69. The van der Waals surface area contributed by atoms with Crippen LogP contribution in [0.3, 0.4) is 0 Å². The number of likely N-dealkylation sites (N-methyl/N-ethyl adjacent to an activating group) is 1. The zero-order valence-electron chi connectivity index (χ0n) is 12.7. The van der Waals surface area contributed by atoms with Crippen LogP contribution in [0.15, 0.2) is 60.7 Å². The molecule has 2 aromatic rings. The highest BCUT2D eigenvalue weighted by molar-refractivity contribution is 5.23. The Morgan fingerprint density at radius 1 is 0.905 bits per heavy atom. The lowest BCUT2D eigenvalue weighted by Crippen LogP contribution is -2.67. The summed E-state index contributed by atoms with van der Waals surface area (Å²) in [6.07, 6.45) is 0. The van der Waals surface area contributed by atoms with Gasteiger partial charge in [-0.1, -0.05) is 60.7 Å². The molecule has 2 nitrogen and oxygen atoms in total. The molecule has 2 aromatic carbocycles. The first-order valence-electron chi connectivity index (χ1n) is 7.94. The Bertz CT molecular complexity index is 610. The number of hydrogen-bond donors (Lipinski definition) is 0. The third-order valence-electron chi connectivity index (χ3n) is 5.46. The molecule has 3 saturated heterocycles. The maximum absolute atomic E-state index is 2.69. The summed E-state index contributed by atoms with van der Waals surface area (Å²) < 4.78 is 1.18. The molecule has 0 N–H and O–H groups in total. The Morgan fingerprint density at radius 2 is 1.52 bits per heavy atom. The standard InChI is InChI=1S/C19H23N2/c1-21-13-12-20(14-19(21)17-10-6-3-7-11-17)18(15-21)16-8-4-2-5-9-16/h2-11,18-19H,12-15H2,1H3/q+1/t18-,19-,21+/m0/s1. The molecule has 3 aliphatic heterocycles. The first-order chi connectivity index (χ1) is 10.3. The Balaban J connectivity index is 1.65. The second kappa shape index (κ2) is 4.97. The van der Waals surface area contributed by atoms with Crippen LogP contribution >= 0.6 is 0 Å². The zero-order valence-corrected chi connectivity index (χ0v) is 12.7. The number of nitrogens with zero attached hydrogens (tertiary/aromatic N) is 2. The van der Waals surface area contributed by atoms with E-state index in [0.29, 0.717) is 12.1 Å². The molecule has 108 valence electrons. The van der Waals surface area contributed by atoms with Crippen LogP contribution in [0.2, 0.25) is 0 Å². The average molecular weight is 279 g/mol. The van der Waals surface area contributed by atoms with Crippen molar-refractivity contribution in [3.63, 3.8) is 0 Å². The third kappa shape index (κ3) is 2.19. The van der Waals surface area contributed by atoms with Crippen molar-refractivity contribution in [1.82, 2.24) is 4.90 Å². The largest absolute Gasteiger partial charge is 0.316 e. The number of rotatable bonds is 2. The van der Waals surface area contributed by atoms with E-state index in [-0.39, 0.29) is 0 Å². The minimum absolute atomic E-state index is 0.588. The second-order valence-electron chi connectivity index (χ2n) is 6.73. The zero-order chi connectivity index (χ0) is 14.3. The lowest BCUT2D eigenvalue weighted by molar-refractivity contribution is -0.957. The van der Waals surface area contributed by atoms with E-state index in [1.165, 1.54) is 41.8 Å². The first kappa shape index (κ1) is 13.1. The molecule has 21 heavy (non-hydrogen) atoms. The highest BCUT2D eigenvalue weighted by Gasteiger charge is 2.49. The first-order valence-corrected chi connectivity index (χ1v) is 7.94. The number of benzene rings is 2. The molecule has 3 aliphatic rings. The molecule has 0 aromatic heterocycles. The van der Waals surface area contributed by atoms with Gasteiger partial charge in [0, 0.05) is 12.1 Å². The van der Waals surface area contributed by atoms with Gasteiger partial charge in [-0.25, -0.2) is 0 Å². The van der Waals surface area contributed by atoms with Gasteiger partial charge in [0.15, 0.2) is 0 Å². The van der Waals surface area contributed by atoms with Gasteiger partial charge < -0.3 is 4.48 Å². The fraction of sp³-hybridized carbons (Fsp3) is 0.368. The average Bonchev–Trinajstić information content (AvgIpc) is 2.56. The quantitative estimate of drug-likeness (QED) is 0.763. The van der Waals surface area contributed by atoms with Crippen molar-refractivity contribution >= 4 is 0 Å². The molecule has 0 saturated carbocycles. The lowest BCUT2D eigenvalue weighted by Gasteiger charge is -2.57. The predicted octanol–water partition coefficient (Wildman–Crippen LogP) is 3.24. The molecular formula is C19H23N2+. The van der Waals surface area contributed by atoms with E-state index in [9.17, 15) is 0 Å². The molecule has 5 rings (SSSR count). The van der Waals surface area contributed by atoms with Gasteiger partial charge >= 0.3 is 0 Å². The van der Waals surface area contributed by atoms with Crippen molar-refractivity contribution in [1.29, 1.82) is 0 Å². The van der Waals surface area contributed by atoms with Crippen LogP contribution in [0.5, 0.6) is 0 Å². The fourth-order valence-electron chi connectivity index (χ4n) is 4.17. The van der Waals surface area contributed by atoms with Crippen molar-refractivity contribution in [2.24, 2.45) is 0 Å². The monoisotopic (exact) mass is 279 g/mol. The van der Waals surface area contributed by atoms with Crippen LogP contribution in [-0.4, -0.2) is 42.6 Å². The third-order valence-corrected chi connectivity index (χ3v) is 5.46. The molecule has 0 amide bonds. The van der Waals surface area contributed by atoms with Gasteiger partial charge in [0.2, 0.25) is 0 Å². The summed E-state index contributed by atoms with van der Waals surface area (Å²) in [6, 6.07) is 23.3. The molecule has 4 atom stereocenters. The molecular weight excluding hydrogens is 256 g/mol. The van der Waals surface area contributed by atoms with E-state index in [1.807, 2.05) is 0 Å². The van der Waals surface area contributed by atoms with Crippen LogP contribution in [0.4, 0.5) is 0 Å². The number of quaternary nitrogens is 1. The summed E-state index contributed by atoms with van der Waals surface area (Å²) in [5.41, 5.74) is 2.98. The lowest BCUT2D eigenvalue weighted by atomic mass is 9.90. The summed E-state index contributed by atoms with van der Waals surface area (Å²) >= 11 is 0. The summed E-state index contributed by atoms with van der Waals surface area (Å²) in [5, 5.41) is 0. The van der Waals surface area contributed by atoms with E-state index in [2.05, 4.69) is 72.6 Å². The molecule has 0 radical (unpaired) electrons. The highest BCUT2D eigenvalue weighted by Crippen LogP contribution is 2.42. The molecule has 2 bridgehead atoms. The summed E-state index contributed by atoms with van der Waals surface area (Å²) in [5.74, 6) is 0. The van der Waals surface area contributed by atoms with Gasteiger partial charge in [-0.2, -0.15) is 0 Å². The predicted molar refractivity (Wildman–Crippen MR) is 85.9 cm³/mol. The van der Waals surface area contributed by atoms with Crippen LogP contribution in [0.1, 0.15) is 23.2 Å². The van der Waals surface area contributed by atoms with E-state index >= 15 is 0 Å². The Hall–Kier alpha value is -1.64. The van der Waals surface area contributed by atoms with Crippen molar-refractivity contribution < 1.29 is 4.48 Å². The summed E-state index contributed by atoms with van der Waals surface area (Å²) in [6.45, 7) is 4.89. The van der Waals surface area contributed by atoms with Gasteiger partial charge in [0.1, 0.15) is 6.04 Å². The van der Waals surface area contributed by atoms with Crippen LogP contribution in [-0.2, 0) is 0 Å². The van der Waals surface area contributed by atoms with E-state index in [4.69, 9.17) is 0 Å². The Labute approximate surface area is 127 Å². The van der Waals surface area contributed by atoms with Gasteiger partial charge in [-0.05, 0) is 5.56 Å². The highest BCUT2D eigenvalue weighted by atomic mass is 15.5. The number of piperazine rings is 3. The fourth-order valence-corrected chi connectivity index (χ4v) is 4.17. The van der Waals surface area contributed by atoms with Crippen molar-refractivity contribution in [3.05, 3.63) is 71.8 Å². The number of fused-ring (bicyclic) bond motifs is 3. The van der Waals surface area contributed by atoms with Crippen molar-refractivity contribution in [2.75, 3.05) is 33.2 Å². The van der Waals surface area contributed by atoms with E-state index in [0.717, 1.165) is 0 Å². The van der Waals surface area contributed by atoms with Crippen LogP contribution in [0.25, 0.3) is 0 Å². The van der Waals surface area contributed by atoms with E-state index in [1.54, 1.807) is 0 Å². The molecule has 0 spiro atoms. The van der Waals surface area contributed by atoms with Crippen molar-refractivity contribution in [3.8, 4) is 0 Å². The topological polar surface area (TPSA) is 3.24 Å². The van der Waals surface area contributed by atoms with Crippen LogP contribution < -0.4 is 0 Å². The number of hydrogen-bond acceptors (Lipinski definition) is 1. The normalized spacial score (nSPS) is 34.8. The summed E-state index contributed by atoms with van der Waals surface area (Å²) in [7, 11) is 2.45. The molecule has 3 fully saturated rings.